The van der Waals surface area contributed by atoms with Crippen molar-refractivity contribution in [3.8, 4) is 22.6 Å². The zero-order chi connectivity index (χ0) is 22.8. The molecule has 4 aromatic rings. The van der Waals surface area contributed by atoms with Gasteiger partial charge in [-0.2, -0.15) is 9.97 Å². The molecule has 0 radical (unpaired) electrons. The number of hydrogen-bond donors (Lipinski definition) is 2. The second-order valence-electron chi connectivity index (χ2n) is 7.83. The van der Waals surface area contributed by atoms with Crippen molar-refractivity contribution in [2.75, 3.05) is 24.1 Å². The van der Waals surface area contributed by atoms with E-state index < -0.39 is 5.69 Å². The lowest BCUT2D eigenvalue weighted by molar-refractivity contribution is 0.174. The summed E-state index contributed by atoms with van der Waals surface area (Å²) in [5, 5.41) is 3.30. The van der Waals surface area contributed by atoms with E-state index >= 15 is 0 Å². The van der Waals surface area contributed by atoms with E-state index in [1.807, 2.05) is 85.6 Å². The maximum Gasteiger partial charge on any atom is 0.351 e. The number of benzene rings is 3. The first-order valence-corrected chi connectivity index (χ1v) is 10.6. The van der Waals surface area contributed by atoms with E-state index in [1.165, 1.54) is 0 Å². The summed E-state index contributed by atoms with van der Waals surface area (Å²) in [4.78, 5) is 25.5. The Morgan fingerprint density at radius 3 is 2.67 bits per heavy atom. The second-order valence-corrected chi connectivity index (χ2v) is 7.83. The van der Waals surface area contributed by atoms with Crippen molar-refractivity contribution in [1.82, 2.24) is 15.0 Å². The molecule has 1 aliphatic rings. The number of aromatic amines is 1. The molecule has 166 valence electrons. The van der Waals surface area contributed by atoms with E-state index in [1.54, 1.807) is 0 Å². The number of aromatic nitrogens is 3. The van der Waals surface area contributed by atoms with Crippen LogP contribution in [0.4, 0.5) is 17.6 Å². The molecule has 0 fully saturated rings. The minimum absolute atomic E-state index is 0.227. The highest BCUT2D eigenvalue weighted by Gasteiger charge is 2.16. The number of fused-ring (bicyclic) bond motifs is 1. The van der Waals surface area contributed by atoms with Crippen LogP contribution in [-0.4, -0.2) is 28.8 Å². The van der Waals surface area contributed by atoms with Crippen LogP contribution in [0.1, 0.15) is 11.1 Å². The van der Waals surface area contributed by atoms with Gasteiger partial charge in [-0.15, -0.1) is 0 Å². The number of anilines is 3. The molecule has 33 heavy (non-hydrogen) atoms. The summed E-state index contributed by atoms with van der Waals surface area (Å²) in [5.74, 6) is 2.08. The number of ether oxygens (including phenoxy) is 2. The molecule has 0 spiro atoms. The Hall–Kier alpha value is -4.33. The Labute approximate surface area is 190 Å². The van der Waals surface area contributed by atoms with E-state index in [9.17, 15) is 4.79 Å². The molecule has 5 rings (SSSR count). The molecule has 0 unspecified atom stereocenters. The molecule has 1 aliphatic heterocycles. The third-order valence-corrected chi connectivity index (χ3v) is 5.44. The largest absolute Gasteiger partial charge is 0.454 e. The van der Waals surface area contributed by atoms with Crippen molar-refractivity contribution in [3.05, 3.63) is 88.3 Å². The van der Waals surface area contributed by atoms with Crippen LogP contribution in [0.5, 0.6) is 11.5 Å². The first kappa shape index (κ1) is 20.6. The summed E-state index contributed by atoms with van der Waals surface area (Å²) in [6.07, 6.45) is 0. The standard InChI is InChI=1S/C25H23N5O3/c1-16-7-6-10-19(18-8-4-3-5-9-18)22(16)26-23-27-24(29-25(31)28-23)30(2)14-17-11-12-20-21(13-17)33-15-32-20/h3-13H,14-15H2,1-2H3,(H2,26,27,28,29,31). The minimum Gasteiger partial charge on any atom is -0.454 e. The van der Waals surface area contributed by atoms with Crippen LogP contribution < -0.4 is 25.4 Å². The molecule has 0 saturated heterocycles. The monoisotopic (exact) mass is 441 g/mol. The van der Waals surface area contributed by atoms with Gasteiger partial charge in [0.05, 0.1) is 5.69 Å². The first-order chi connectivity index (χ1) is 16.1. The Balaban J connectivity index is 1.43. The van der Waals surface area contributed by atoms with Crippen molar-refractivity contribution >= 4 is 17.6 Å². The fourth-order valence-electron chi connectivity index (χ4n) is 3.80. The summed E-state index contributed by atoms with van der Waals surface area (Å²) >= 11 is 0. The van der Waals surface area contributed by atoms with Crippen LogP contribution in [0.25, 0.3) is 11.1 Å². The molecule has 2 heterocycles. The highest BCUT2D eigenvalue weighted by Crippen LogP contribution is 2.34. The number of nitrogens with one attached hydrogen (secondary N) is 2. The lowest BCUT2D eigenvalue weighted by Crippen LogP contribution is -2.25. The summed E-state index contributed by atoms with van der Waals surface area (Å²) in [7, 11) is 1.84. The minimum atomic E-state index is -0.477. The zero-order valence-corrected chi connectivity index (χ0v) is 18.3. The van der Waals surface area contributed by atoms with Gasteiger partial charge >= 0.3 is 5.69 Å². The Kier molecular flexibility index (Phi) is 5.40. The molecule has 8 heteroatoms. The van der Waals surface area contributed by atoms with Crippen LogP contribution in [0, 0.1) is 6.92 Å². The van der Waals surface area contributed by atoms with Gasteiger partial charge in [0.25, 0.3) is 0 Å². The highest BCUT2D eigenvalue weighted by molar-refractivity contribution is 5.82. The number of para-hydroxylation sites is 1. The number of nitrogens with zero attached hydrogens (tertiary/aromatic N) is 3. The molecule has 0 atom stereocenters. The van der Waals surface area contributed by atoms with Crippen molar-refractivity contribution in [1.29, 1.82) is 0 Å². The molecule has 8 nitrogen and oxygen atoms in total. The predicted molar refractivity (Wildman–Crippen MR) is 127 cm³/mol. The fourth-order valence-corrected chi connectivity index (χ4v) is 3.80. The molecule has 1 aromatic heterocycles. The average Bonchev–Trinajstić information content (AvgIpc) is 3.28. The predicted octanol–water partition coefficient (Wildman–Crippen LogP) is 4.25. The number of H-pyrrole nitrogens is 1. The lowest BCUT2D eigenvalue weighted by atomic mass is 10.0. The van der Waals surface area contributed by atoms with E-state index in [0.29, 0.717) is 24.2 Å². The smallest absolute Gasteiger partial charge is 0.351 e. The highest BCUT2D eigenvalue weighted by atomic mass is 16.7. The van der Waals surface area contributed by atoms with Gasteiger partial charge < -0.3 is 19.7 Å². The molecular weight excluding hydrogens is 418 g/mol. The molecule has 0 bridgehead atoms. The van der Waals surface area contributed by atoms with Crippen molar-refractivity contribution in [3.63, 3.8) is 0 Å². The second kappa shape index (κ2) is 8.66. The van der Waals surface area contributed by atoms with E-state index in [2.05, 4.69) is 20.3 Å². The summed E-state index contributed by atoms with van der Waals surface area (Å²) < 4.78 is 10.8. The van der Waals surface area contributed by atoms with Crippen molar-refractivity contribution < 1.29 is 9.47 Å². The third-order valence-electron chi connectivity index (χ3n) is 5.44. The van der Waals surface area contributed by atoms with Crippen LogP contribution in [0.15, 0.2) is 71.5 Å². The molecular formula is C25H23N5O3. The van der Waals surface area contributed by atoms with Crippen LogP contribution >= 0.6 is 0 Å². The SMILES string of the molecule is Cc1cccc(-c2ccccc2)c1Nc1nc(N(C)Cc2ccc3c(c2)OCO3)nc(=O)[nH]1. The van der Waals surface area contributed by atoms with Gasteiger partial charge in [-0.05, 0) is 35.7 Å². The summed E-state index contributed by atoms with van der Waals surface area (Å²) in [6, 6.07) is 21.9. The van der Waals surface area contributed by atoms with E-state index in [4.69, 9.17) is 9.47 Å². The summed E-state index contributed by atoms with van der Waals surface area (Å²) in [5.41, 5.74) is 4.51. The lowest BCUT2D eigenvalue weighted by Gasteiger charge is -2.19. The third kappa shape index (κ3) is 4.36. The quantitative estimate of drug-likeness (QED) is 0.462. The normalized spacial score (nSPS) is 11.9. The number of rotatable bonds is 6. The molecule has 0 saturated carbocycles. The number of hydrogen-bond acceptors (Lipinski definition) is 7. The van der Waals surface area contributed by atoms with Crippen LogP contribution in [-0.2, 0) is 6.54 Å². The van der Waals surface area contributed by atoms with E-state index in [-0.39, 0.29) is 6.79 Å². The van der Waals surface area contributed by atoms with Gasteiger partial charge in [-0.1, -0.05) is 54.6 Å². The first-order valence-electron chi connectivity index (χ1n) is 10.6. The molecule has 0 aliphatic carbocycles. The van der Waals surface area contributed by atoms with Crippen molar-refractivity contribution in [2.24, 2.45) is 0 Å². The van der Waals surface area contributed by atoms with Crippen molar-refractivity contribution in [2.45, 2.75) is 13.5 Å². The Morgan fingerprint density at radius 1 is 1.00 bits per heavy atom. The van der Waals surface area contributed by atoms with Gasteiger partial charge in [0.1, 0.15) is 0 Å². The topological polar surface area (TPSA) is 92.4 Å². The van der Waals surface area contributed by atoms with Gasteiger partial charge in [0.2, 0.25) is 18.7 Å². The number of aryl methyl sites for hydroxylation is 1. The average molecular weight is 441 g/mol. The maximum absolute atomic E-state index is 12.3. The van der Waals surface area contributed by atoms with Gasteiger partial charge in [0.15, 0.2) is 11.5 Å². The molecule has 0 amide bonds. The zero-order valence-electron chi connectivity index (χ0n) is 18.3. The van der Waals surface area contributed by atoms with Gasteiger partial charge in [-0.25, -0.2) is 4.79 Å². The van der Waals surface area contributed by atoms with Gasteiger partial charge in [-0.3, -0.25) is 4.98 Å². The Morgan fingerprint density at radius 2 is 1.82 bits per heavy atom. The molecule has 3 aromatic carbocycles. The fraction of sp³-hybridized carbons (Fsp3) is 0.160. The van der Waals surface area contributed by atoms with E-state index in [0.717, 1.165) is 33.7 Å². The van der Waals surface area contributed by atoms with Gasteiger partial charge in [0, 0.05) is 19.2 Å². The Bertz CT molecular complexity index is 1350. The molecule has 2 N–H and O–H groups in total. The summed E-state index contributed by atoms with van der Waals surface area (Å²) in [6.45, 7) is 2.74. The van der Waals surface area contributed by atoms with Crippen LogP contribution in [0.2, 0.25) is 0 Å². The maximum atomic E-state index is 12.3. The van der Waals surface area contributed by atoms with Crippen LogP contribution in [0.3, 0.4) is 0 Å².